The number of para-hydroxylation sites is 1. The maximum absolute atomic E-state index is 13.7. The number of rotatable bonds is 9. The second-order valence-electron chi connectivity index (χ2n) is 8.95. The van der Waals surface area contributed by atoms with Crippen molar-refractivity contribution in [3.63, 3.8) is 0 Å². The minimum atomic E-state index is -1.06. The highest BCUT2D eigenvalue weighted by Crippen LogP contribution is 2.29. The van der Waals surface area contributed by atoms with Crippen LogP contribution in [-0.2, 0) is 19.4 Å². The van der Waals surface area contributed by atoms with Crippen LogP contribution in [-0.4, -0.2) is 45.8 Å². The molecule has 0 aliphatic heterocycles. The van der Waals surface area contributed by atoms with E-state index in [1.54, 1.807) is 35.3 Å². The van der Waals surface area contributed by atoms with Gasteiger partial charge in [0.1, 0.15) is 0 Å². The Morgan fingerprint density at radius 1 is 1.05 bits per heavy atom. The number of H-pyrrole nitrogens is 1. The molecule has 192 valence electrons. The van der Waals surface area contributed by atoms with Gasteiger partial charge >= 0.3 is 11.7 Å². The molecule has 0 amide bonds. The Bertz CT molecular complexity index is 1630. The summed E-state index contributed by atoms with van der Waals surface area (Å²) in [4.78, 5) is 29.9. The number of pyridine rings is 1. The van der Waals surface area contributed by atoms with Gasteiger partial charge in [0, 0.05) is 35.4 Å². The third kappa shape index (κ3) is 4.63. The molecule has 0 saturated heterocycles. The molecule has 10 nitrogen and oxygen atoms in total. The Hall–Kier alpha value is -4.86. The number of hydrogen-bond donors (Lipinski definition) is 2. The molecule has 0 saturated carbocycles. The van der Waals surface area contributed by atoms with Crippen molar-refractivity contribution in [2.45, 2.75) is 39.7 Å². The van der Waals surface area contributed by atoms with E-state index in [9.17, 15) is 14.7 Å². The number of carboxylic acid groups (broad SMARTS) is 1. The molecular formula is C28H27N7O3. The lowest BCUT2D eigenvalue weighted by molar-refractivity contribution is 0.0696. The van der Waals surface area contributed by atoms with E-state index in [2.05, 4.69) is 32.5 Å². The maximum atomic E-state index is 13.7. The van der Waals surface area contributed by atoms with Crippen LogP contribution in [0.3, 0.4) is 0 Å². The zero-order valence-corrected chi connectivity index (χ0v) is 21.1. The first-order valence-corrected chi connectivity index (χ1v) is 12.5. The van der Waals surface area contributed by atoms with Crippen molar-refractivity contribution in [2.24, 2.45) is 0 Å². The molecule has 3 aromatic heterocycles. The number of tetrazole rings is 1. The highest BCUT2D eigenvalue weighted by molar-refractivity contribution is 5.92. The molecule has 0 atom stereocenters. The fourth-order valence-electron chi connectivity index (χ4n) is 4.72. The van der Waals surface area contributed by atoms with Crippen LogP contribution in [0.5, 0.6) is 0 Å². The molecule has 0 unspecified atom stereocenters. The first-order chi connectivity index (χ1) is 18.5. The molecular weight excluding hydrogens is 482 g/mol. The van der Waals surface area contributed by atoms with Crippen molar-refractivity contribution in [3.8, 4) is 28.2 Å². The highest BCUT2D eigenvalue weighted by Gasteiger charge is 2.20. The van der Waals surface area contributed by atoms with Crippen LogP contribution in [0.1, 0.15) is 47.4 Å². The summed E-state index contributed by atoms with van der Waals surface area (Å²) >= 11 is 0. The Kier molecular flexibility index (Phi) is 6.94. The molecule has 2 aromatic carbocycles. The first kappa shape index (κ1) is 24.8. The summed E-state index contributed by atoms with van der Waals surface area (Å²) in [6, 6.07) is 14.9. The number of aromatic carboxylic acids is 1. The van der Waals surface area contributed by atoms with Crippen molar-refractivity contribution < 1.29 is 9.90 Å². The zero-order chi connectivity index (χ0) is 26.6. The normalized spacial score (nSPS) is 11.1. The largest absolute Gasteiger partial charge is 0.478 e. The number of nitrogens with zero attached hydrogens (tertiary/aromatic N) is 6. The monoisotopic (exact) mass is 509 g/mol. The average Bonchev–Trinajstić information content (AvgIpc) is 3.58. The number of carbonyl (C=O) groups is 1. The number of aryl methyl sites for hydroxylation is 2. The number of aromatic nitrogens is 7. The molecule has 0 aliphatic rings. The summed E-state index contributed by atoms with van der Waals surface area (Å²) in [5, 5.41) is 24.0. The molecule has 2 N–H and O–H groups in total. The van der Waals surface area contributed by atoms with E-state index in [1.165, 1.54) is 4.57 Å². The van der Waals surface area contributed by atoms with Gasteiger partial charge in [0.05, 0.1) is 17.8 Å². The van der Waals surface area contributed by atoms with Crippen LogP contribution in [0, 0.1) is 0 Å². The van der Waals surface area contributed by atoms with E-state index >= 15 is 0 Å². The molecule has 10 heteroatoms. The summed E-state index contributed by atoms with van der Waals surface area (Å²) < 4.78 is 3.22. The summed E-state index contributed by atoms with van der Waals surface area (Å²) in [6.45, 7) is 4.37. The molecule has 0 bridgehead atoms. The lowest BCUT2D eigenvalue weighted by Gasteiger charge is -2.12. The van der Waals surface area contributed by atoms with E-state index in [0.29, 0.717) is 30.9 Å². The molecule has 0 radical (unpaired) electrons. The number of aromatic amines is 1. The predicted octanol–water partition coefficient (Wildman–Crippen LogP) is 4.14. The minimum Gasteiger partial charge on any atom is -0.478 e. The zero-order valence-electron chi connectivity index (χ0n) is 21.1. The van der Waals surface area contributed by atoms with Gasteiger partial charge in [-0.2, -0.15) is 0 Å². The maximum Gasteiger partial charge on any atom is 0.337 e. The van der Waals surface area contributed by atoms with Gasteiger partial charge in [-0.25, -0.2) is 14.7 Å². The lowest BCUT2D eigenvalue weighted by Crippen LogP contribution is -2.26. The van der Waals surface area contributed by atoms with Crippen LogP contribution in [0.25, 0.3) is 28.2 Å². The van der Waals surface area contributed by atoms with Crippen molar-refractivity contribution in [1.82, 2.24) is 34.7 Å². The van der Waals surface area contributed by atoms with Crippen molar-refractivity contribution in [3.05, 3.63) is 100.0 Å². The number of carboxylic acids is 1. The molecule has 0 fully saturated rings. The average molecular weight is 510 g/mol. The molecule has 3 heterocycles. The van der Waals surface area contributed by atoms with Crippen LogP contribution in [0.4, 0.5) is 0 Å². The highest BCUT2D eigenvalue weighted by atomic mass is 16.4. The number of imidazole rings is 1. The minimum absolute atomic E-state index is 0.116. The van der Waals surface area contributed by atoms with E-state index in [1.807, 2.05) is 43.3 Å². The molecule has 38 heavy (non-hydrogen) atoms. The van der Waals surface area contributed by atoms with Gasteiger partial charge in [0.25, 0.3) is 0 Å². The van der Waals surface area contributed by atoms with Gasteiger partial charge in [0.15, 0.2) is 5.82 Å². The number of benzene rings is 2. The molecule has 5 rings (SSSR count). The van der Waals surface area contributed by atoms with Crippen LogP contribution >= 0.6 is 0 Å². The van der Waals surface area contributed by atoms with Crippen molar-refractivity contribution in [1.29, 1.82) is 0 Å². The van der Waals surface area contributed by atoms with Crippen molar-refractivity contribution >= 4 is 5.97 Å². The topological polar surface area (TPSA) is 132 Å². The second kappa shape index (κ2) is 10.6. The fraction of sp³-hybridized carbons (Fsp3) is 0.214. The Morgan fingerprint density at radius 3 is 2.55 bits per heavy atom. The lowest BCUT2D eigenvalue weighted by atomic mass is 10.0. The number of hydrogen-bond acceptors (Lipinski definition) is 6. The van der Waals surface area contributed by atoms with Gasteiger partial charge in [-0.1, -0.05) is 56.7 Å². The molecule has 0 aliphatic carbocycles. The first-order valence-electron chi connectivity index (χ1n) is 12.5. The van der Waals surface area contributed by atoms with Gasteiger partial charge in [-0.3, -0.25) is 14.1 Å². The summed E-state index contributed by atoms with van der Waals surface area (Å²) in [7, 11) is 0. The Morgan fingerprint density at radius 2 is 1.87 bits per heavy atom. The van der Waals surface area contributed by atoms with E-state index in [-0.39, 0.29) is 11.3 Å². The molecule has 5 aromatic rings. The SMILES string of the molecule is CCCc1cn(-c2c(CC)cccc2C(=O)O)c(=O)n1Cc1ccc(-c2cnccc2-c2nnn[nH]2)cc1. The predicted molar refractivity (Wildman–Crippen MR) is 142 cm³/mol. The van der Waals surface area contributed by atoms with E-state index in [0.717, 1.165) is 39.9 Å². The Labute approximate surface area is 218 Å². The molecule has 0 spiro atoms. The number of nitrogens with one attached hydrogen (secondary N) is 1. The van der Waals surface area contributed by atoms with Gasteiger partial charge < -0.3 is 5.11 Å². The van der Waals surface area contributed by atoms with E-state index < -0.39 is 5.97 Å². The Balaban J connectivity index is 1.52. The fourth-order valence-corrected chi connectivity index (χ4v) is 4.72. The van der Waals surface area contributed by atoms with Crippen LogP contribution in [0.2, 0.25) is 0 Å². The van der Waals surface area contributed by atoms with Gasteiger partial charge in [0.2, 0.25) is 0 Å². The van der Waals surface area contributed by atoms with Crippen LogP contribution in [0.15, 0.2) is 71.9 Å². The summed E-state index contributed by atoms with van der Waals surface area (Å²) in [6.07, 6.45) is 7.40. The van der Waals surface area contributed by atoms with E-state index in [4.69, 9.17) is 0 Å². The summed E-state index contributed by atoms with van der Waals surface area (Å²) in [5.74, 6) is -0.505. The summed E-state index contributed by atoms with van der Waals surface area (Å²) in [5.41, 5.74) is 5.56. The third-order valence-electron chi connectivity index (χ3n) is 6.57. The van der Waals surface area contributed by atoms with Crippen LogP contribution < -0.4 is 5.69 Å². The quantitative estimate of drug-likeness (QED) is 0.305. The third-order valence-corrected chi connectivity index (χ3v) is 6.57. The van der Waals surface area contributed by atoms with Crippen molar-refractivity contribution in [2.75, 3.05) is 0 Å². The van der Waals surface area contributed by atoms with Gasteiger partial charge in [-0.05, 0) is 52.1 Å². The smallest absolute Gasteiger partial charge is 0.337 e. The standard InChI is InChI=1S/C28H27N7O3/c1-3-6-21-17-35(25-19(4-2)7-5-8-23(25)27(36)37)28(38)34(21)16-18-9-11-20(12-10-18)24-15-29-14-13-22(24)26-30-32-33-31-26/h5,7-15,17H,3-4,6,16H2,1-2H3,(H,36,37)(H,30,31,32,33). The second-order valence-corrected chi connectivity index (χ2v) is 8.95. The van der Waals surface area contributed by atoms with Gasteiger partial charge in [-0.15, -0.1) is 5.10 Å².